The van der Waals surface area contributed by atoms with Crippen molar-refractivity contribution in [2.45, 2.75) is 38.3 Å². The van der Waals surface area contributed by atoms with Crippen molar-refractivity contribution in [3.8, 4) is 0 Å². The molecule has 16 heavy (non-hydrogen) atoms. The number of hydrogen-bond acceptors (Lipinski definition) is 6. The first kappa shape index (κ1) is 11.3. The highest BCUT2D eigenvalue weighted by Crippen LogP contribution is 2.28. The molecular weight excluding hydrogens is 208 g/mol. The summed E-state index contributed by atoms with van der Waals surface area (Å²) in [4.78, 5) is 0. The monoisotopic (exact) mass is 226 g/mol. The first-order valence-electron chi connectivity index (χ1n) is 5.56. The highest BCUT2D eigenvalue weighted by atomic mass is 16.5. The minimum Gasteiger partial charge on any atom is -0.408 e. The molecule has 0 spiro atoms. The van der Waals surface area contributed by atoms with Crippen LogP contribution in [0.3, 0.4) is 0 Å². The third-order valence-electron chi connectivity index (χ3n) is 3.10. The number of rotatable bonds is 4. The predicted octanol–water partition coefficient (Wildman–Crippen LogP) is 0.550. The van der Waals surface area contributed by atoms with Gasteiger partial charge in [0, 0.05) is 19.6 Å². The van der Waals surface area contributed by atoms with Gasteiger partial charge >= 0.3 is 6.01 Å². The van der Waals surface area contributed by atoms with Gasteiger partial charge in [-0.15, -0.1) is 5.10 Å². The SMILES string of the molecule is CC1OCCC1(C)Nc1nnc(CCN)o1. The Hall–Kier alpha value is -1.14. The van der Waals surface area contributed by atoms with E-state index in [0.29, 0.717) is 24.9 Å². The summed E-state index contributed by atoms with van der Waals surface area (Å²) >= 11 is 0. The smallest absolute Gasteiger partial charge is 0.315 e. The van der Waals surface area contributed by atoms with Crippen molar-refractivity contribution in [1.29, 1.82) is 0 Å². The third-order valence-corrected chi connectivity index (χ3v) is 3.10. The van der Waals surface area contributed by atoms with Crippen molar-refractivity contribution in [1.82, 2.24) is 10.2 Å². The Morgan fingerprint density at radius 3 is 3.00 bits per heavy atom. The highest BCUT2D eigenvalue weighted by Gasteiger charge is 2.38. The molecule has 0 saturated carbocycles. The van der Waals surface area contributed by atoms with E-state index in [1.54, 1.807) is 0 Å². The van der Waals surface area contributed by atoms with Crippen LogP contribution >= 0.6 is 0 Å². The zero-order chi connectivity index (χ0) is 11.6. The Morgan fingerprint density at radius 1 is 1.56 bits per heavy atom. The lowest BCUT2D eigenvalue weighted by Crippen LogP contribution is -2.41. The molecule has 0 aliphatic carbocycles. The van der Waals surface area contributed by atoms with E-state index in [1.165, 1.54) is 0 Å². The number of ether oxygens (including phenoxy) is 1. The summed E-state index contributed by atoms with van der Waals surface area (Å²) < 4.78 is 11.0. The van der Waals surface area contributed by atoms with Crippen LogP contribution in [0.25, 0.3) is 0 Å². The van der Waals surface area contributed by atoms with Gasteiger partial charge in [-0.2, -0.15) is 0 Å². The van der Waals surface area contributed by atoms with Crippen molar-refractivity contribution < 1.29 is 9.15 Å². The van der Waals surface area contributed by atoms with E-state index >= 15 is 0 Å². The van der Waals surface area contributed by atoms with Crippen LogP contribution in [-0.4, -0.2) is 35.0 Å². The van der Waals surface area contributed by atoms with E-state index in [0.717, 1.165) is 13.0 Å². The number of hydrogen-bond donors (Lipinski definition) is 2. The lowest BCUT2D eigenvalue weighted by Gasteiger charge is -2.27. The number of nitrogens with two attached hydrogens (primary N) is 1. The van der Waals surface area contributed by atoms with Crippen molar-refractivity contribution in [2.75, 3.05) is 18.5 Å². The van der Waals surface area contributed by atoms with Crippen LogP contribution in [0.2, 0.25) is 0 Å². The summed E-state index contributed by atoms with van der Waals surface area (Å²) in [6.07, 6.45) is 1.68. The van der Waals surface area contributed by atoms with Gasteiger partial charge in [-0.3, -0.25) is 0 Å². The van der Waals surface area contributed by atoms with E-state index in [-0.39, 0.29) is 11.6 Å². The molecule has 1 aliphatic rings. The van der Waals surface area contributed by atoms with Crippen LogP contribution < -0.4 is 11.1 Å². The van der Waals surface area contributed by atoms with Gasteiger partial charge in [-0.05, 0) is 20.3 Å². The largest absolute Gasteiger partial charge is 0.408 e. The molecule has 90 valence electrons. The van der Waals surface area contributed by atoms with Crippen molar-refractivity contribution in [3.05, 3.63) is 5.89 Å². The fourth-order valence-electron chi connectivity index (χ4n) is 1.77. The molecular formula is C10H18N4O2. The number of nitrogens with one attached hydrogen (secondary N) is 1. The summed E-state index contributed by atoms with van der Waals surface area (Å²) in [6, 6.07) is 0.448. The van der Waals surface area contributed by atoms with Crippen LogP contribution in [0.15, 0.2) is 4.42 Å². The molecule has 2 heterocycles. The lowest BCUT2D eigenvalue weighted by atomic mass is 9.95. The molecule has 2 atom stereocenters. The van der Waals surface area contributed by atoms with Crippen molar-refractivity contribution in [3.63, 3.8) is 0 Å². The molecule has 0 aromatic carbocycles. The standard InChI is InChI=1S/C10H18N4O2/c1-7-10(2,4-6-15-7)12-9-14-13-8(16-9)3-5-11/h7H,3-6,11H2,1-2H3,(H,12,14). The average Bonchev–Trinajstić information content (AvgIpc) is 2.77. The molecule has 6 nitrogen and oxygen atoms in total. The zero-order valence-corrected chi connectivity index (χ0v) is 9.69. The molecule has 6 heteroatoms. The van der Waals surface area contributed by atoms with E-state index < -0.39 is 0 Å². The maximum Gasteiger partial charge on any atom is 0.315 e. The quantitative estimate of drug-likeness (QED) is 0.779. The van der Waals surface area contributed by atoms with E-state index in [2.05, 4.69) is 22.4 Å². The Bertz CT molecular complexity index is 354. The summed E-state index contributed by atoms with van der Waals surface area (Å²) in [5, 5.41) is 11.1. The third kappa shape index (κ3) is 2.17. The summed E-state index contributed by atoms with van der Waals surface area (Å²) in [7, 11) is 0. The first-order valence-corrected chi connectivity index (χ1v) is 5.56. The average molecular weight is 226 g/mol. The fourth-order valence-corrected chi connectivity index (χ4v) is 1.77. The van der Waals surface area contributed by atoms with Gasteiger partial charge < -0.3 is 20.2 Å². The molecule has 1 saturated heterocycles. The Kier molecular flexibility index (Phi) is 3.11. The van der Waals surface area contributed by atoms with Crippen LogP contribution in [0.1, 0.15) is 26.2 Å². The van der Waals surface area contributed by atoms with Crippen molar-refractivity contribution in [2.24, 2.45) is 5.73 Å². The minimum absolute atomic E-state index is 0.132. The fraction of sp³-hybridized carbons (Fsp3) is 0.800. The maximum atomic E-state index is 5.52. The Morgan fingerprint density at radius 2 is 2.38 bits per heavy atom. The molecule has 2 unspecified atom stereocenters. The van der Waals surface area contributed by atoms with Gasteiger partial charge in [0.15, 0.2) is 0 Å². The predicted molar refractivity (Wildman–Crippen MR) is 59.1 cm³/mol. The summed E-state index contributed by atoms with van der Waals surface area (Å²) in [5.41, 5.74) is 5.28. The molecule has 3 N–H and O–H groups in total. The number of anilines is 1. The van der Waals surface area contributed by atoms with E-state index in [4.69, 9.17) is 14.9 Å². The second-order valence-electron chi connectivity index (χ2n) is 4.35. The summed E-state index contributed by atoms with van der Waals surface area (Å²) in [6.45, 7) is 5.40. The minimum atomic E-state index is -0.132. The number of nitrogens with zero attached hydrogens (tertiary/aromatic N) is 2. The normalized spacial score (nSPS) is 29.6. The van der Waals surface area contributed by atoms with Gasteiger partial charge in [0.05, 0.1) is 11.6 Å². The van der Waals surface area contributed by atoms with E-state index in [1.807, 2.05) is 6.92 Å². The molecule has 2 rings (SSSR count). The zero-order valence-electron chi connectivity index (χ0n) is 9.69. The summed E-state index contributed by atoms with van der Waals surface area (Å²) in [5.74, 6) is 0.570. The molecule has 1 aliphatic heterocycles. The van der Waals surface area contributed by atoms with Crippen molar-refractivity contribution >= 4 is 6.01 Å². The first-order chi connectivity index (χ1) is 7.64. The topological polar surface area (TPSA) is 86.2 Å². The molecule has 0 bridgehead atoms. The van der Waals surface area contributed by atoms with Gasteiger partial charge in [-0.25, -0.2) is 0 Å². The van der Waals surface area contributed by atoms with E-state index in [9.17, 15) is 0 Å². The highest BCUT2D eigenvalue weighted by molar-refractivity contribution is 5.25. The number of aromatic nitrogens is 2. The second-order valence-corrected chi connectivity index (χ2v) is 4.35. The van der Waals surface area contributed by atoms with Gasteiger partial charge in [-0.1, -0.05) is 5.10 Å². The van der Waals surface area contributed by atoms with Crippen LogP contribution in [-0.2, 0) is 11.2 Å². The van der Waals surface area contributed by atoms with Crippen LogP contribution in [0.4, 0.5) is 6.01 Å². The molecule has 1 fully saturated rings. The Labute approximate surface area is 94.6 Å². The van der Waals surface area contributed by atoms with Gasteiger partial charge in [0.2, 0.25) is 5.89 Å². The van der Waals surface area contributed by atoms with Crippen LogP contribution in [0, 0.1) is 0 Å². The Balaban J connectivity index is 2.02. The van der Waals surface area contributed by atoms with Gasteiger partial charge in [0.1, 0.15) is 0 Å². The van der Waals surface area contributed by atoms with Gasteiger partial charge in [0.25, 0.3) is 0 Å². The molecule has 1 aromatic rings. The van der Waals surface area contributed by atoms with Crippen LogP contribution in [0.5, 0.6) is 0 Å². The molecule has 0 radical (unpaired) electrons. The molecule has 0 amide bonds. The lowest BCUT2D eigenvalue weighted by molar-refractivity contribution is 0.104. The maximum absolute atomic E-state index is 5.52. The second kappa shape index (κ2) is 4.39. The molecule has 1 aromatic heterocycles.